The molecule has 1 aliphatic carbocycles. The fourth-order valence-electron chi connectivity index (χ4n) is 1.81. The van der Waals surface area contributed by atoms with Gasteiger partial charge in [-0.05, 0) is 31.9 Å². The number of rotatable bonds is 7. The van der Waals surface area contributed by atoms with Crippen molar-refractivity contribution in [1.82, 2.24) is 15.6 Å². The highest BCUT2D eigenvalue weighted by molar-refractivity contribution is 5.98. The van der Waals surface area contributed by atoms with Gasteiger partial charge in [0.05, 0.1) is 5.56 Å². The van der Waals surface area contributed by atoms with Gasteiger partial charge in [-0.15, -0.1) is 0 Å². The van der Waals surface area contributed by atoms with E-state index in [1.54, 1.807) is 18.3 Å². The zero-order valence-electron chi connectivity index (χ0n) is 11.6. The Balaban J connectivity index is 1.80. The topological polar surface area (TPSA) is 83.1 Å². The first-order chi connectivity index (χ1) is 9.70. The van der Waals surface area contributed by atoms with E-state index in [1.165, 1.54) is 0 Å². The van der Waals surface area contributed by atoms with Crippen LogP contribution in [0.15, 0.2) is 18.3 Å². The number of nitrogens with one attached hydrogen (secondary N) is 3. The lowest BCUT2D eigenvalue weighted by Crippen LogP contribution is -2.32. The third-order valence-corrected chi connectivity index (χ3v) is 2.98. The zero-order chi connectivity index (χ0) is 14.4. The van der Waals surface area contributed by atoms with E-state index in [0.29, 0.717) is 36.9 Å². The summed E-state index contributed by atoms with van der Waals surface area (Å²) in [7, 11) is 0. The van der Waals surface area contributed by atoms with Crippen molar-refractivity contribution in [1.29, 1.82) is 0 Å². The SMILES string of the molecule is CCNc1ncccc1C(=O)NCCC(=O)NC1CC1. The van der Waals surface area contributed by atoms with Crippen molar-refractivity contribution in [2.45, 2.75) is 32.2 Å². The molecule has 0 aliphatic heterocycles. The van der Waals surface area contributed by atoms with E-state index < -0.39 is 0 Å². The Hall–Kier alpha value is -2.11. The van der Waals surface area contributed by atoms with E-state index in [9.17, 15) is 9.59 Å². The highest BCUT2D eigenvalue weighted by atomic mass is 16.2. The third kappa shape index (κ3) is 4.22. The summed E-state index contributed by atoms with van der Waals surface area (Å²) in [4.78, 5) is 27.7. The first-order valence-corrected chi connectivity index (χ1v) is 6.97. The van der Waals surface area contributed by atoms with E-state index in [-0.39, 0.29) is 11.8 Å². The van der Waals surface area contributed by atoms with Crippen molar-refractivity contribution >= 4 is 17.6 Å². The van der Waals surface area contributed by atoms with E-state index in [2.05, 4.69) is 20.9 Å². The number of aromatic nitrogens is 1. The Morgan fingerprint density at radius 1 is 1.40 bits per heavy atom. The first-order valence-electron chi connectivity index (χ1n) is 6.97. The van der Waals surface area contributed by atoms with E-state index in [4.69, 9.17) is 0 Å². The molecule has 0 spiro atoms. The lowest BCUT2D eigenvalue weighted by Gasteiger charge is -2.10. The first kappa shape index (κ1) is 14.3. The molecule has 0 radical (unpaired) electrons. The monoisotopic (exact) mass is 276 g/mol. The number of amides is 2. The molecule has 1 fully saturated rings. The average Bonchev–Trinajstić information content (AvgIpc) is 3.23. The van der Waals surface area contributed by atoms with Crippen molar-refractivity contribution in [3.63, 3.8) is 0 Å². The molecule has 1 aliphatic rings. The third-order valence-electron chi connectivity index (χ3n) is 2.98. The molecule has 6 nitrogen and oxygen atoms in total. The van der Waals surface area contributed by atoms with Gasteiger partial charge >= 0.3 is 0 Å². The summed E-state index contributed by atoms with van der Waals surface area (Å²) in [6.07, 6.45) is 4.08. The van der Waals surface area contributed by atoms with Crippen LogP contribution in [0.4, 0.5) is 5.82 Å². The van der Waals surface area contributed by atoms with Crippen molar-refractivity contribution < 1.29 is 9.59 Å². The molecule has 0 bridgehead atoms. The predicted octanol–water partition coefficient (Wildman–Crippen LogP) is 0.912. The molecule has 2 rings (SSSR count). The van der Waals surface area contributed by atoms with Crippen LogP contribution >= 0.6 is 0 Å². The van der Waals surface area contributed by atoms with Crippen LogP contribution in [0.5, 0.6) is 0 Å². The number of anilines is 1. The minimum atomic E-state index is -0.215. The van der Waals surface area contributed by atoms with Crippen LogP contribution in [-0.2, 0) is 4.79 Å². The second-order valence-corrected chi connectivity index (χ2v) is 4.78. The van der Waals surface area contributed by atoms with Gasteiger partial charge < -0.3 is 16.0 Å². The predicted molar refractivity (Wildman–Crippen MR) is 76.5 cm³/mol. The molecular weight excluding hydrogens is 256 g/mol. The second kappa shape index (κ2) is 6.88. The molecule has 1 aromatic heterocycles. The Labute approximate surface area is 118 Å². The minimum Gasteiger partial charge on any atom is -0.370 e. The van der Waals surface area contributed by atoms with Crippen molar-refractivity contribution in [2.75, 3.05) is 18.4 Å². The Kier molecular flexibility index (Phi) is 4.92. The molecule has 6 heteroatoms. The molecule has 1 heterocycles. The molecule has 2 amide bonds. The van der Waals surface area contributed by atoms with Crippen LogP contribution in [0.25, 0.3) is 0 Å². The highest BCUT2D eigenvalue weighted by Gasteiger charge is 2.22. The molecule has 20 heavy (non-hydrogen) atoms. The second-order valence-electron chi connectivity index (χ2n) is 4.78. The summed E-state index contributed by atoms with van der Waals surface area (Å²) < 4.78 is 0. The Bertz CT molecular complexity index is 486. The van der Waals surface area contributed by atoms with Gasteiger partial charge in [-0.1, -0.05) is 0 Å². The maximum atomic E-state index is 12.0. The fraction of sp³-hybridized carbons (Fsp3) is 0.500. The number of carbonyl (C=O) groups is 2. The van der Waals surface area contributed by atoms with Crippen molar-refractivity contribution in [2.24, 2.45) is 0 Å². The fourth-order valence-corrected chi connectivity index (χ4v) is 1.81. The zero-order valence-corrected chi connectivity index (χ0v) is 11.6. The average molecular weight is 276 g/mol. The van der Waals surface area contributed by atoms with Gasteiger partial charge in [0, 0.05) is 31.7 Å². The summed E-state index contributed by atoms with van der Waals surface area (Å²) in [5, 5.41) is 8.67. The normalized spacial score (nSPS) is 13.7. The van der Waals surface area contributed by atoms with Gasteiger partial charge in [0.25, 0.3) is 5.91 Å². The van der Waals surface area contributed by atoms with Gasteiger partial charge in [0.2, 0.25) is 5.91 Å². The molecule has 0 aromatic carbocycles. The lowest BCUT2D eigenvalue weighted by atomic mass is 10.2. The molecule has 1 aromatic rings. The van der Waals surface area contributed by atoms with E-state index >= 15 is 0 Å². The summed E-state index contributed by atoms with van der Waals surface area (Å²) in [6, 6.07) is 3.79. The van der Waals surface area contributed by atoms with Crippen LogP contribution < -0.4 is 16.0 Å². The quantitative estimate of drug-likeness (QED) is 0.691. The Morgan fingerprint density at radius 3 is 2.90 bits per heavy atom. The molecule has 1 saturated carbocycles. The number of carbonyl (C=O) groups excluding carboxylic acids is 2. The van der Waals surface area contributed by atoms with Crippen molar-refractivity contribution in [3.8, 4) is 0 Å². The number of pyridine rings is 1. The minimum absolute atomic E-state index is 0.00843. The molecule has 3 N–H and O–H groups in total. The smallest absolute Gasteiger partial charge is 0.255 e. The van der Waals surface area contributed by atoms with Crippen LogP contribution in [0.1, 0.15) is 36.5 Å². The van der Waals surface area contributed by atoms with E-state index in [1.807, 2.05) is 6.92 Å². The molecule has 0 saturated heterocycles. The largest absolute Gasteiger partial charge is 0.370 e. The molecule has 108 valence electrons. The van der Waals surface area contributed by atoms with Crippen LogP contribution in [0.3, 0.4) is 0 Å². The van der Waals surface area contributed by atoms with Gasteiger partial charge in [-0.3, -0.25) is 9.59 Å². The van der Waals surface area contributed by atoms with Gasteiger partial charge in [-0.25, -0.2) is 4.98 Å². The van der Waals surface area contributed by atoms with Gasteiger partial charge in [-0.2, -0.15) is 0 Å². The molecule has 0 unspecified atom stereocenters. The summed E-state index contributed by atoms with van der Waals surface area (Å²) in [5.41, 5.74) is 0.497. The Morgan fingerprint density at radius 2 is 2.20 bits per heavy atom. The molecular formula is C14H20N4O2. The summed E-state index contributed by atoms with van der Waals surface area (Å²) >= 11 is 0. The summed E-state index contributed by atoms with van der Waals surface area (Å²) in [6.45, 7) is 2.97. The van der Waals surface area contributed by atoms with Crippen LogP contribution in [0.2, 0.25) is 0 Å². The molecule has 0 atom stereocenters. The van der Waals surface area contributed by atoms with Crippen LogP contribution in [-0.4, -0.2) is 35.9 Å². The number of hydrogen-bond donors (Lipinski definition) is 3. The van der Waals surface area contributed by atoms with Crippen LogP contribution in [0, 0.1) is 0 Å². The van der Waals surface area contributed by atoms with Gasteiger partial charge in [0.15, 0.2) is 0 Å². The standard InChI is InChI=1S/C14H20N4O2/c1-2-15-13-11(4-3-8-16-13)14(20)17-9-7-12(19)18-10-5-6-10/h3-4,8,10H,2,5-7,9H2,1H3,(H,15,16)(H,17,20)(H,18,19). The lowest BCUT2D eigenvalue weighted by molar-refractivity contribution is -0.121. The number of hydrogen-bond acceptors (Lipinski definition) is 4. The maximum Gasteiger partial charge on any atom is 0.255 e. The summed E-state index contributed by atoms with van der Waals surface area (Å²) in [5.74, 6) is 0.342. The maximum absolute atomic E-state index is 12.0. The van der Waals surface area contributed by atoms with Crippen molar-refractivity contribution in [3.05, 3.63) is 23.9 Å². The van der Waals surface area contributed by atoms with E-state index in [0.717, 1.165) is 12.8 Å². The number of nitrogens with zero attached hydrogens (tertiary/aromatic N) is 1. The highest BCUT2D eigenvalue weighted by Crippen LogP contribution is 2.18. The van der Waals surface area contributed by atoms with Gasteiger partial charge in [0.1, 0.15) is 5.82 Å².